The predicted molar refractivity (Wildman–Crippen MR) is 110 cm³/mol. The average molecular weight is 400 g/mol. The molecule has 0 aromatic heterocycles. The number of nitrogens with one attached hydrogen (secondary N) is 1. The molecule has 28 heavy (non-hydrogen) atoms. The van der Waals surface area contributed by atoms with Crippen molar-refractivity contribution in [1.82, 2.24) is 9.73 Å². The van der Waals surface area contributed by atoms with Crippen LogP contribution >= 0.6 is 0 Å². The van der Waals surface area contributed by atoms with Gasteiger partial charge in [0.2, 0.25) is 10.0 Å². The van der Waals surface area contributed by atoms with Gasteiger partial charge in [0.1, 0.15) is 0 Å². The summed E-state index contributed by atoms with van der Waals surface area (Å²) in [5, 5.41) is 4.15. The third-order valence-electron chi connectivity index (χ3n) is 4.94. The molecule has 1 aliphatic rings. The van der Waals surface area contributed by atoms with E-state index in [9.17, 15) is 13.2 Å². The van der Waals surface area contributed by atoms with E-state index in [1.807, 2.05) is 19.1 Å². The van der Waals surface area contributed by atoms with Crippen LogP contribution in [0.15, 0.2) is 58.5 Å². The smallest absolute Gasteiger partial charge is 0.267 e. The van der Waals surface area contributed by atoms with Gasteiger partial charge in [-0.1, -0.05) is 36.8 Å². The van der Waals surface area contributed by atoms with Gasteiger partial charge in [0.05, 0.1) is 10.6 Å². The van der Waals surface area contributed by atoms with Gasteiger partial charge in [-0.15, -0.1) is 0 Å². The molecule has 148 valence electrons. The van der Waals surface area contributed by atoms with E-state index < -0.39 is 10.0 Å². The number of sulfonamides is 1. The lowest BCUT2D eigenvalue weighted by molar-refractivity contribution is 0.0954. The van der Waals surface area contributed by atoms with E-state index in [-0.39, 0.29) is 10.8 Å². The van der Waals surface area contributed by atoms with Crippen LogP contribution in [0, 0.1) is 6.92 Å². The maximum atomic E-state index is 12.7. The average Bonchev–Trinajstić information content (AvgIpc) is 2.73. The van der Waals surface area contributed by atoms with Gasteiger partial charge >= 0.3 is 0 Å². The topological polar surface area (TPSA) is 78.8 Å². The number of aryl methyl sites for hydroxylation is 1. The Labute approximate surface area is 166 Å². The molecule has 0 bridgehead atoms. The van der Waals surface area contributed by atoms with Crippen LogP contribution in [0.5, 0.6) is 0 Å². The van der Waals surface area contributed by atoms with Gasteiger partial charge in [0, 0.05) is 18.7 Å². The van der Waals surface area contributed by atoms with E-state index >= 15 is 0 Å². The fourth-order valence-electron chi connectivity index (χ4n) is 3.21. The van der Waals surface area contributed by atoms with Crippen molar-refractivity contribution in [3.05, 3.63) is 65.2 Å². The normalized spacial score (nSPS) is 16.0. The summed E-state index contributed by atoms with van der Waals surface area (Å²) >= 11 is 0. The summed E-state index contributed by atoms with van der Waals surface area (Å²) in [4.78, 5) is 12.5. The van der Waals surface area contributed by atoms with Gasteiger partial charge in [-0.2, -0.15) is 9.41 Å². The number of benzene rings is 2. The maximum absolute atomic E-state index is 12.7. The van der Waals surface area contributed by atoms with Crippen molar-refractivity contribution in [1.29, 1.82) is 0 Å². The third-order valence-corrected chi connectivity index (χ3v) is 6.85. The first-order valence-electron chi connectivity index (χ1n) is 9.40. The van der Waals surface area contributed by atoms with Crippen LogP contribution in [0.2, 0.25) is 0 Å². The highest BCUT2D eigenvalue weighted by molar-refractivity contribution is 7.89. The van der Waals surface area contributed by atoms with Crippen molar-refractivity contribution in [2.24, 2.45) is 5.10 Å². The zero-order valence-electron chi connectivity index (χ0n) is 16.2. The van der Waals surface area contributed by atoms with Crippen LogP contribution in [0.3, 0.4) is 0 Å². The molecule has 3 rings (SSSR count). The summed E-state index contributed by atoms with van der Waals surface area (Å²) in [7, 11) is -3.45. The largest absolute Gasteiger partial charge is 0.271 e. The minimum atomic E-state index is -3.45. The first-order chi connectivity index (χ1) is 13.4. The maximum Gasteiger partial charge on any atom is 0.271 e. The lowest BCUT2D eigenvalue weighted by Crippen LogP contribution is -2.35. The molecule has 2 aromatic carbocycles. The molecule has 0 radical (unpaired) electrons. The van der Waals surface area contributed by atoms with Crippen LogP contribution in [-0.2, 0) is 10.0 Å². The number of hydrogen-bond donors (Lipinski definition) is 1. The van der Waals surface area contributed by atoms with Gasteiger partial charge in [0.25, 0.3) is 5.91 Å². The van der Waals surface area contributed by atoms with Gasteiger partial charge in [-0.3, -0.25) is 4.79 Å². The first-order valence-corrected chi connectivity index (χ1v) is 10.8. The van der Waals surface area contributed by atoms with E-state index in [4.69, 9.17) is 0 Å². The van der Waals surface area contributed by atoms with Crippen molar-refractivity contribution < 1.29 is 13.2 Å². The molecular formula is C21H25N3O3S. The Kier molecular flexibility index (Phi) is 6.26. The van der Waals surface area contributed by atoms with E-state index in [1.165, 1.54) is 0 Å². The van der Waals surface area contributed by atoms with Crippen molar-refractivity contribution in [3.63, 3.8) is 0 Å². The second-order valence-electron chi connectivity index (χ2n) is 6.94. The molecule has 0 atom stereocenters. The second-order valence-corrected chi connectivity index (χ2v) is 8.88. The van der Waals surface area contributed by atoms with E-state index in [2.05, 4.69) is 10.5 Å². The summed E-state index contributed by atoms with van der Waals surface area (Å²) in [6.45, 7) is 4.80. The molecule has 1 N–H and O–H groups in total. The van der Waals surface area contributed by atoms with Crippen LogP contribution in [0.1, 0.15) is 47.7 Å². The first kappa shape index (κ1) is 20.2. The van der Waals surface area contributed by atoms with Crippen molar-refractivity contribution in [3.8, 4) is 0 Å². The van der Waals surface area contributed by atoms with Crippen molar-refractivity contribution in [2.75, 3.05) is 13.1 Å². The van der Waals surface area contributed by atoms with E-state index in [0.717, 1.165) is 30.4 Å². The summed E-state index contributed by atoms with van der Waals surface area (Å²) in [6, 6.07) is 13.9. The van der Waals surface area contributed by atoms with Gasteiger partial charge in [0.15, 0.2) is 0 Å². The van der Waals surface area contributed by atoms with E-state index in [1.54, 1.807) is 47.6 Å². The number of carbonyl (C=O) groups excluding carboxylic acids is 1. The fraction of sp³-hybridized carbons (Fsp3) is 0.333. The molecule has 1 heterocycles. The van der Waals surface area contributed by atoms with Gasteiger partial charge in [-0.25, -0.2) is 13.8 Å². The molecule has 1 aliphatic heterocycles. The molecular weight excluding hydrogens is 374 g/mol. The highest BCUT2D eigenvalue weighted by Crippen LogP contribution is 2.21. The van der Waals surface area contributed by atoms with Gasteiger partial charge in [-0.05, 0) is 56.0 Å². The fourth-order valence-corrected chi connectivity index (χ4v) is 4.73. The molecule has 1 saturated heterocycles. The summed E-state index contributed by atoms with van der Waals surface area (Å²) in [5.74, 6) is -0.276. The van der Waals surface area contributed by atoms with Crippen LogP contribution in [0.4, 0.5) is 0 Å². The zero-order valence-corrected chi connectivity index (χ0v) is 17.0. The van der Waals surface area contributed by atoms with Gasteiger partial charge < -0.3 is 0 Å². The molecule has 0 saturated carbocycles. The number of carbonyl (C=O) groups is 1. The predicted octanol–water partition coefficient (Wildman–Crippen LogP) is 3.32. The Hall–Kier alpha value is -2.51. The number of hydrazone groups is 1. The summed E-state index contributed by atoms with van der Waals surface area (Å²) in [6.07, 6.45) is 2.89. The molecule has 6 nitrogen and oxygen atoms in total. The van der Waals surface area contributed by atoms with Crippen LogP contribution < -0.4 is 5.43 Å². The summed E-state index contributed by atoms with van der Waals surface area (Å²) in [5.41, 5.74) is 5.36. The van der Waals surface area contributed by atoms with Crippen LogP contribution in [-0.4, -0.2) is 37.4 Å². The second kappa shape index (κ2) is 8.67. The third kappa shape index (κ3) is 4.48. The quantitative estimate of drug-likeness (QED) is 0.619. The molecule has 1 amide bonds. The van der Waals surface area contributed by atoms with Crippen molar-refractivity contribution >= 4 is 21.6 Å². The van der Waals surface area contributed by atoms with E-state index in [0.29, 0.717) is 24.4 Å². The number of nitrogens with zero attached hydrogens (tertiary/aromatic N) is 2. The number of rotatable bonds is 5. The molecule has 0 unspecified atom stereocenters. The Morgan fingerprint density at radius 2 is 1.64 bits per heavy atom. The Bertz CT molecular complexity index is 976. The highest BCUT2D eigenvalue weighted by atomic mass is 32.2. The molecule has 0 aliphatic carbocycles. The Morgan fingerprint density at radius 3 is 2.29 bits per heavy atom. The molecule has 0 spiro atoms. The Balaban J connectivity index is 1.71. The lowest BCUT2D eigenvalue weighted by atomic mass is 10.1. The summed E-state index contributed by atoms with van der Waals surface area (Å²) < 4.78 is 27.0. The molecule has 1 fully saturated rings. The lowest BCUT2D eigenvalue weighted by Gasteiger charge is -2.25. The minimum Gasteiger partial charge on any atom is -0.267 e. The SMILES string of the molecule is C/C(=N/NC(=O)c1ccccc1C)c1ccc(S(=O)(=O)N2CCCCC2)cc1. The number of piperidine rings is 1. The Morgan fingerprint density at radius 1 is 1.00 bits per heavy atom. The number of hydrogen-bond acceptors (Lipinski definition) is 4. The highest BCUT2D eigenvalue weighted by Gasteiger charge is 2.25. The van der Waals surface area contributed by atoms with Crippen LogP contribution in [0.25, 0.3) is 0 Å². The number of amides is 1. The molecule has 7 heteroatoms. The van der Waals surface area contributed by atoms with Crippen molar-refractivity contribution in [2.45, 2.75) is 38.0 Å². The monoisotopic (exact) mass is 399 g/mol. The zero-order chi connectivity index (χ0) is 20.1. The molecule has 2 aromatic rings. The standard InChI is InChI=1S/C21H25N3O3S/c1-16-8-4-5-9-20(16)21(25)23-22-17(2)18-10-12-19(13-11-18)28(26,27)24-14-6-3-7-15-24/h4-5,8-13H,3,6-7,14-15H2,1-2H3,(H,23,25)/b22-17-. The minimum absolute atomic E-state index is 0.276.